The van der Waals surface area contributed by atoms with Crippen LogP contribution >= 0.6 is 0 Å². The van der Waals surface area contributed by atoms with E-state index in [-0.39, 0.29) is 12.3 Å². The quantitative estimate of drug-likeness (QED) is 0.689. The lowest BCUT2D eigenvalue weighted by molar-refractivity contribution is -0.115. The third-order valence-corrected chi connectivity index (χ3v) is 3.92. The second-order valence-electron chi connectivity index (χ2n) is 5.65. The molecule has 3 rings (SSSR count). The molecule has 2 aromatic carbocycles. The monoisotopic (exact) mass is 368 g/mol. The van der Waals surface area contributed by atoms with Crippen LogP contribution in [0.4, 0.5) is 5.69 Å². The molecular weight excluding hydrogens is 348 g/mol. The van der Waals surface area contributed by atoms with Gasteiger partial charge >= 0.3 is 0 Å². The number of hydrogen-bond donors (Lipinski definition) is 1. The number of nitrogens with zero attached hydrogens (tertiary/aromatic N) is 3. The molecule has 8 heteroatoms. The van der Waals surface area contributed by atoms with Gasteiger partial charge in [-0.1, -0.05) is 0 Å². The maximum absolute atomic E-state index is 12.4. The molecular formula is C19H20N4O4. The molecule has 1 amide bonds. The van der Waals surface area contributed by atoms with Crippen LogP contribution in [0.2, 0.25) is 0 Å². The Kier molecular flexibility index (Phi) is 5.55. The first-order chi connectivity index (χ1) is 13.1. The molecule has 27 heavy (non-hydrogen) atoms. The Morgan fingerprint density at radius 2 is 1.70 bits per heavy atom. The van der Waals surface area contributed by atoms with Crippen LogP contribution in [0.5, 0.6) is 17.2 Å². The minimum atomic E-state index is -0.155. The summed E-state index contributed by atoms with van der Waals surface area (Å²) in [6.07, 6.45) is 3.24. The van der Waals surface area contributed by atoms with E-state index in [2.05, 4.69) is 15.4 Å². The van der Waals surface area contributed by atoms with Crippen molar-refractivity contribution in [3.8, 4) is 22.9 Å². The zero-order valence-electron chi connectivity index (χ0n) is 15.3. The Labute approximate surface area is 156 Å². The number of ether oxygens (including phenoxy) is 3. The van der Waals surface area contributed by atoms with Crippen LogP contribution in [0.3, 0.4) is 0 Å². The zero-order valence-corrected chi connectivity index (χ0v) is 15.3. The SMILES string of the molecule is COc1cc(CC(=O)Nc2ccc(-n3cncn3)cc2)cc(OC)c1OC. The number of rotatable bonds is 7. The Morgan fingerprint density at radius 1 is 1.04 bits per heavy atom. The minimum Gasteiger partial charge on any atom is -0.493 e. The predicted octanol–water partition coefficient (Wildman–Crippen LogP) is 2.47. The van der Waals surface area contributed by atoms with E-state index in [4.69, 9.17) is 14.2 Å². The molecule has 8 nitrogen and oxygen atoms in total. The van der Waals surface area contributed by atoms with Gasteiger partial charge in [0.1, 0.15) is 12.7 Å². The number of anilines is 1. The number of nitrogens with one attached hydrogen (secondary N) is 1. The Morgan fingerprint density at radius 3 is 2.22 bits per heavy atom. The molecule has 1 heterocycles. The Bertz CT molecular complexity index is 883. The number of aromatic nitrogens is 3. The molecule has 0 aliphatic heterocycles. The molecule has 0 unspecified atom stereocenters. The molecule has 0 saturated carbocycles. The largest absolute Gasteiger partial charge is 0.493 e. The van der Waals surface area contributed by atoms with E-state index < -0.39 is 0 Å². The number of methoxy groups -OCH3 is 3. The van der Waals surface area contributed by atoms with Crippen LogP contribution in [0, 0.1) is 0 Å². The summed E-state index contributed by atoms with van der Waals surface area (Å²) in [5, 5.41) is 6.93. The number of amides is 1. The summed E-state index contributed by atoms with van der Waals surface area (Å²) < 4.78 is 17.6. The van der Waals surface area contributed by atoms with E-state index in [1.165, 1.54) is 27.7 Å². The minimum absolute atomic E-state index is 0.155. The van der Waals surface area contributed by atoms with Gasteiger partial charge in [-0.3, -0.25) is 4.79 Å². The lowest BCUT2D eigenvalue weighted by atomic mass is 10.1. The average Bonchev–Trinajstić information content (AvgIpc) is 3.22. The molecule has 1 aromatic heterocycles. The summed E-state index contributed by atoms with van der Waals surface area (Å²) in [6, 6.07) is 10.8. The van der Waals surface area contributed by atoms with Gasteiger partial charge in [-0.2, -0.15) is 5.10 Å². The first-order valence-corrected chi connectivity index (χ1v) is 8.18. The van der Waals surface area contributed by atoms with E-state index in [9.17, 15) is 4.79 Å². The Balaban J connectivity index is 1.70. The van der Waals surface area contributed by atoms with Crippen molar-refractivity contribution >= 4 is 11.6 Å². The van der Waals surface area contributed by atoms with Crippen molar-refractivity contribution in [2.24, 2.45) is 0 Å². The number of carbonyl (C=O) groups is 1. The summed E-state index contributed by atoms with van der Waals surface area (Å²) in [5.74, 6) is 1.36. The average molecular weight is 368 g/mol. The van der Waals surface area contributed by atoms with Crippen molar-refractivity contribution in [1.82, 2.24) is 14.8 Å². The standard InChI is InChI=1S/C19H20N4O4/c1-25-16-8-13(9-17(26-2)19(16)27-3)10-18(24)22-14-4-6-15(7-5-14)23-12-20-11-21-23/h4-9,11-12H,10H2,1-3H3,(H,22,24). The van der Waals surface area contributed by atoms with Crippen LogP contribution in [0.1, 0.15) is 5.56 Å². The van der Waals surface area contributed by atoms with Crippen LogP contribution < -0.4 is 19.5 Å². The fourth-order valence-electron chi connectivity index (χ4n) is 2.67. The fraction of sp³-hybridized carbons (Fsp3) is 0.211. The molecule has 3 aromatic rings. The van der Waals surface area contributed by atoms with Crippen molar-refractivity contribution in [1.29, 1.82) is 0 Å². The second-order valence-corrected chi connectivity index (χ2v) is 5.65. The molecule has 1 N–H and O–H groups in total. The summed E-state index contributed by atoms with van der Waals surface area (Å²) in [6.45, 7) is 0. The maximum Gasteiger partial charge on any atom is 0.228 e. The van der Waals surface area contributed by atoms with E-state index in [1.807, 2.05) is 24.3 Å². The highest BCUT2D eigenvalue weighted by Crippen LogP contribution is 2.38. The van der Waals surface area contributed by atoms with Gasteiger partial charge < -0.3 is 19.5 Å². The van der Waals surface area contributed by atoms with E-state index in [0.717, 1.165) is 11.3 Å². The molecule has 0 aliphatic rings. The van der Waals surface area contributed by atoms with Crippen molar-refractivity contribution < 1.29 is 19.0 Å². The summed E-state index contributed by atoms with van der Waals surface area (Å²) in [7, 11) is 4.62. The van der Waals surface area contributed by atoms with Gasteiger partial charge in [0.05, 0.1) is 33.4 Å². The highest BCUT2D eigenvalue weighted by atomic mass is 16.5. The van der Waals surface area contributed by atoms with Gasteiger partial charge in [-0.25, -0.2) is 9.67 Å². The van der Waals surface area contributed by atoms with Crippen molar-refractivity contribution in [3.05, 3.63) is 54.6 Å². The van der Waals surface area contributed by atoms with Crippen LogP contribution in [0.15, 0.2) is 49.1 Å². The molecule has 0 saturated heterocycles. The first-order valence-electron chi connectivity index (χ1n) is 8.18. The van der Waals surface area contributed by atoms with E-state index in [1.54, 1.807) is 23.1 Å². The molecule has 0 spiro atoms. The summed E-state index contributed by atoms with van der Waals surface area (Å²) >= 11 is 0. The first kappa shape index (κ1) is 18.2. The summed E-state index contributed by atoms with van der Waals surface area (Å²) in [4.78, 5) is 16.3. The zero-order chi connectivity index (χ0) is 19.2. The van der Waals surface area contributed by atoms with Gasteiger partial charge in [0.15, 0.2) is 11.5 Å². The lowest BCUT2D eigenvalue weighted by Gasteiger charge is -2.14. The molecule has 140 valence electrons. The molecule has 0 fully saturated rings. The number of hydrogen-bond acceptors (Lipinski definition) is 6. The van der Waals surface area contributed by atoms with Crippen molar-refractivity contribution in [2.75, 3.05) is 26.6 Å². The molecule has 0 atom stereocenters. The summed E-state index contributed by atoms with van der Waals surface area (Å²) in [5.41, 5.74) is 2.30. The third kappa shape index (κ3) is 4.17. The van der Waals surface area contributed by atoms with Gasteiger partial charge in [-0.05, 0) is 42.0 Å². The van der Waals surface area contributed by atoms with Crippen LogP contribution in [-0.4, -0.2) is 42.0 Å². The van der Waals surface area contributed by atoms with Gasteiger partial charge in [0.25, 0.3) is 0 Å². The fourth-order valence-corrected chi connectivity index (χ4v) is 2.67. The predicted molar refractivity (Wildman–Crippen MR) is 99.8 cm³/mol. The number of carbonyl (C=O) groups excluding carboxylic acids is 1. The van der Waals surface area contributed by atoms with Crippen LogP contribution in [0.25, 0.3) is 5.69 Å². The van der Waals surface area contributed by atoms with Gasteiger partial charge in [0.2, 0.25) is 11.7 Å². The maximum atomic E-state index is 12.4. The highest BCUT2D eigenvalue weighted by Gasteiger charge is 2.15. The third-order valence-electron chi connectivity index (χ3n) is 3.92. The molecule has 0 radical (unpaired) electrons. The normalized spacial score (nSPS) is 10.3. The lowest BCUT2D eigenvalue weighted by Crippen LogP contribution is -2.14. The smallest absolute Gasteiger partial charge is 0.228 e. The Hall–Kier alpha value is -3.55. The number of benzene rings is 2. The van der Waals surface area contributed by atoms with Gasteiger partial charge in [-0.15, -0.1) is 0 Å². The van der Waals surface area contributed by atoms with Crippen molar-refractivity contribution in [3.63, 3.8) is 0 Å². The highest BCUT2D eigenvalue weighted by molar-refractivity contribution is 5.92. The van der Waals surface area contributed by atoms with E-state index in [0.29, 0.717) is 22.9 Å². The molecule has 0 bridgehead atoms. The van der Waals surface area contributed by atoms with Gasteiger partial charge in [0, 0.05) is 5.69 Å². The molecule has 0 aliphatic carbocycles. The van der Waals surface area contributed by atoms with Crippen LogP contribution in [-0.2, 0) is 11.2 Å². The van der Waals surface area contributed by atoms with Crippen molar-refractivity contribution in [2.45, 2.75) is 6.42 Å². The second kappa shape index (κ2) is 8.22. The van der Waals surface area contributed by atoms with E-state index >= 15 is 0 Å². The topological polar surface area (TPSA) is 87.5 Å².